The van der Waals surface area contributed by atoms with E-state index in [1.165, 1.54) is 0 Å². The first kappa shape index (κ1) is 32.5. The standard InChI is InChI=1S/C23H42N2O3Si2.2Rh/c1-17-12-21(25-16-24-17)27-19-13-18(15-26-29(8,9)22(2,3)4)20(14-19)28-30(10,11)23(5,6)7;;/h18-20H,13-15H2,1-11H3;;/q-2;;/t18-,19+,20-;;/m0../s1. The van der Waals surface area contributed by atoms with Gasteiger partial charge in [-0.05, 0) is 42.7 Å². The van der Waals surface area contributed by atoms with Crippen LogP contribution < -0.4 is 4.74 Å². The molecule has 1 aromatic rings. The van der Waals surface area contributed by atoms with E-state index < -0.39 is 16.6 Å². The van der Waals surface area contributed by atoms with E-state index >= 15 is 0 Å². The molecule has 1 fully saturated rings. The average molecular weight is 657 g/mol. The van der Waals surface area contributed by atoms with E-state index in [9.17, 15) is 0 Å². The van der Waals surface area contributed by atoms with Gasteiger partial charge in [0, 0.05) is 64.2 Å². The fourth-order valence-corrected chi connectivity index (χ4v) is 5.57. The number of aromatic nitrogens is 2. The van der Waals surface area contributed by atoms with E-state index in [2.05, 4.69) is 90.1 Å². The fraction of sp³-hybridized carbons (Fsp3) is 0.826. The molecule has 1 heterocycles. The molecule has 2 radical (unpaired) electrons. The summed E-state index contributed by atoms with van der Waals surface area (Å²) >= 11 is 0. The number of hydrogen-bond donors (Lipinski definition) is 0. The van der Waals surface area contributed by atoms with E-state index in [0.29, 0.717) is 11.8 Å². The van der Waals surface area contributed by atoms with Crippen LogP contribution in [0.25, 0.3) is 0 Å². The molecule has 0 N–H and O–H groups in total. The summed E-state index contributed by atoms with van der Waals surface area (Å²) in [6, 6.07) is 3.08. The normalized spacial score (nSPS) is 22.2. The molecule has 190 valence electrons. The summed E-state index contributed by atoms with van der Waals surface area (Å²) in [7, 11) is -3.71. The minimum absolute atomic E-state index is 0. The summed E-state index contributed by atoms with van der Waals surface area (Å²) in [4.78, 5) is 8.11. The van der Waals surface area contributed by atoms with Gasteiger partial charge in [-0.2, -0.15) is 0 Å². The molecular formula is C23H42N2O3Rh2Si2-2. The SMILES string of the molecule is Cc1[c-]c(O[C@@H]2C[C@@H](CO[Si](C)(C)C(C)(C)C)[C@@H](O[Si](C)(C)C(C)(C)C)C2)n[c-]n1.[Rh].[Rh]. The second-order valence-electron chi connectivity index (χ2n) is 11.8. The van der Waals surface area contributed by atoms with Crippen molar-refractivity contribution in [2.75, 3.05) is 6.61 Å². The summed E-state index contributed by atoms with van der Waals surface area (Å²) in [5.74, 6) is 0.801. The molecule has 0 amide bonds. The third kappa shape index (κ3) is 8.61. The Bertz CT molecular complexity index is 722. The molecule has 9 heteroatoms. The summed E-state index contributed by atoms with van der Waals surface area (Å²) < 4.78 is 19.6. The Morgan fingerprint density at radius 2 is 1.47 bits per heavy atom. The maximum atomic E-state index is 6.86. The number of rotatable bonds is 7. The van der Waals surface area contributed by atoms with Crippen LogP contribution in [0.3, 0.4) is 0 Å². The number of aryl methyl sites for hydroxylation is 1. The predicted octanol–water partition coefficient (Wildman–Crippen LogP) is 5.95. The third-order valence-corrected chi connectivity index (χ3v) is 16.2. The zero-order valence-electron chi connectivity index (χ0n) is 21.6. The zero-order chi connectivity index (χ0) is 23.0. The van der Waals surface area contributed by atoms with E-state index in [1.807, 2.05) is 6.92 Å². The van der Waals surface area contributed by atoms with E-state index in [0.717, 1.165) is 25.1 Å². The first-order chi connectivity index (χ1) is 13.5. The fourth-order valence-electron chi connectivity index (χ4n) is 3.11. The number of ether oxygens (including phenoxy) is 1. The van der Waals surface area contributed by atoms with E-state index in [4.69, 9.17) is 13.6 Å². The first-order valence-electron chi connectivity index (χ1n) is 11.1. The van der Waals surface area contributed by atoms with Crippen molar-refractivity contribution >= 4 is 16.6 Å². The summed E-state index contributed by atoms with van der Waals surface area (Å²) in [6.07, 6.45) is 4.60. The zero-order valence-corrected chi connectivity index (χ0v) is 26.9. The molecule has 0 bridgehead atoms. The minimum atomic E-state index is -1.89. The summed E-state index contributed by atoms with van der Waals surface area (Å²) in [5.41, 5.74) is 0.741. The molecule has 5 nitrogen and oxygen atoms in total. The Hall–Kier alpha value is 0.481. The van der Waals surface area contributed by atoms with Crippen molar-refractivity contribution in [3.63, 3.8) is 0 Å². The Morgan fingerprint density at radius 1 is 0.906 bits per heavy atom. The van der Waals surface area contributed by atoms with Crippen LogP contribution in [0.2, 0.25) is 36.3 Å². The van der Waals surface area contributed by atoms with Crippen molar-refractivity contribution < 1.29 is 52.5 Å². The van der Waals surface area contributed by atoms with Crippen LogP contribution in [0.1, 0.15) is 60.1 Å². The van der Waals surface area contributed by atoms with E-state index in [1.54, 1.807) is 0 Å². The van der Waals surface area contributed by atoms with Crippen LogP contribution in [0.5, 0.6) is 5.88 Å². The monoisotopic (exact) mass is 656 g/mol. The van der Waals surface area contributed by atoms with Crippen LogP contribution in [-0.2, 0) is 47.8 Å². The molecule has 1 aliphatic rings. The van der Waals surface area contributed by atoms with Crippen molar-refractivity contribution in [1.29, 1.82) is 0 Å². The quantitative estimate of drug-likeness (QED) is 0.269. The molecule has 0 spiro atoms. The van der Waals surface area contributed by atoms with E-state index in [-0.39, 0.29) is 61.2 Å². The van der Waals surface area contributed by atoms with Gasteiger partial charge in [-0.25, -0.2) is 5.69 Å². The molecule has 1 saturated carbocycles. The molecule has 3 atom stereocenters. The largest absolute Gasteiger partial charge is 0.566 e. The van der Waals surface area contributed by atoms with Gasteiger partial charge in [-0.3, -0.25) is 0 Å². The van der Waals surface area contributed by atoms with Crippen LogP contribution in [0, 0.1) is 25.2 Å². The van der Waals surface area contributed by atoms with Gasteiger partial charge in [0.15, 0.2) is 16.6 Å². The second kappa shape index (κ2) is 11.9. The van der Waals surface area contributed by atoms with Gasteiger partial charge in [-0.15, -0.1) is 6.92 Å². The van der Waals surface area contributed by atoms with Crippen LogP contribution in [0.4, 0.5) is 0 Å². The molecule has 2 rings (SSSR count). The first-order valence-corrected chi connectivity index (χ1v) is 17.0. The molecule has 0 aromatic carbocycles. The molecule has 0 aliphatic heterocycles. The smallest absolute Gasteiger partial charge is 0.192 e. The molecular weight excluding hydrogens is 614 g/mol. The van der Waals surface area contributed by atoms with Crippen molar-refractivity contribution in [3.8, 4) is 5.88 Å². The Labute approximate surface area is 224 Å². The third-order valence-electron chi connectivity index (χ3n) is 7.24. The van der Waals surface area contributed by atoms with Gasteiger partial charge < -0.3 is 29.6 Å². The Kier molecular flexibility index (Phi) is 12.1. The van der Waals surface area contributed by atoms with Crippen LogP contribution >= 0.6 is 0 Å². The predicted molar refractivity (Wildman–Crippen MR) is 127 cm³/mol. The molecule has 32 heavy (non-hydrogen) atoms. The summed E-state index contributed by atoms with van der Waals surface area (Å²) in [6.45, 7) is 25.6. The van der Waals surface area contributed by atoms with Gasteiger partial charge >= 0.3 is 0 Å². The van der Waals surface area contributed by atoms with Gasteiger partial charge in [0.05, 0.1) is 12.2 Å². The Balaban J connectivity index is 0.00000480. The van der Waals surface area contributed by atoms with Crippen molar-refractivity contribution in [3.05, 3.63) is 18.1 Å². The maximum Gasteiger partial charge on any atom is 0.192 e. The second-order valence-corrected chi connectivity index (χ2v) is 21.4. The number of hydrogen-bond acceptors (Lipinski definition) is 5. The van der Waals surface area contributed by atoms with Gasteiger partial charge in [-0.1, -0.05) is 47.4 Å². The average Bonchev–Trinajstić information content (AvgIpc) is 2.91. The summed E-state index contributed by atoms with van der Waals surface area (Å²) in [5, 5.41) is 0.365. The topological polar surface area (TPSA) is 53.5 Å². The molecule has 0 saturated heterocycles. The van der Waals surface area contributed by atoms with Crippen LogP contribution in [-0.4, -0.2) is 45.4 Å². The van der Waals surface area contributed by atoms with Crippen molar-refractivity contribution in [2.45, 2.75) is 110 Å². The van der Waals surface area contributed by atoms with Crippen LogP contribution in [0.15, 0.2) is 0 Å². The van der Waals surface area contributed by atoms with Crippen molar-refractivity contribution in [2.24, 2.45) is 5.92 Å². The van der Waals surface area contributed by atoms with Gasteiger partial charge in [0.2, 0.25) is 0 Å². The molecule has 0 unspecified atom stereocenters. The molecule has 1 aromatic heterocycles. The van der Waals surface area contributed by atoms with Crippen molar-refractivity contribution in [1.82, 2.24) is 9.97 Å². The Morgan fingerprint density at radius 3 is 1.97 bits per heavy atom. The number of nitrogens with zero attached hydrogens (tertiary/aromatic N) is 2. The maximum absolute atomic E-state index is 6.86. The molecule has 1 aliphatic carbocycles. The minimum Gasteiger partial charge on any atom is -0.566 e. The van der Waals surface area contributed by atoms with Gasteiger partial charge in [0.1, 0.15) is 0 Å². The van der Waals surface area contributed by atoms with Gasteiger partial charge in [0.25, 0.3) is 0 Å².